The Bertz CT molecular complexity index is 510. The van der Waals surface area contributed by atoms with Crippen molar-refractivity contribution >= 4 is 18.3 Å². The van der Waals surface area contributed by atoms with Crippen LogP contribution in [-0.2, 0) is 5.75 Å². The van der Waals surface area contributed by atoms with E-state index >= 15 is 0 Å². The lowest BCUT2D eigenvalue weighted by Crippen LogP contribution is -2.41. The largest absolute Gasteiger partial charge is 0.366 e. The van der Waals surface area contributed by atoms with Crippen molar-refractivity contribution in [1.29, 1.82) is 0 Å². The van der Waals surface area contributed by atoms with Gasteiger partial charge in [-0.05, 0) is 75.0 Å². The molecular formula is C26H47NS. The Morgan fingerprint density at radius 2 is 1.29 bits per heavy atom. The van der Waals surface area contributed by atoms with Crippen LogP contribution in [0.25, 0.3) is 0 Å². The van der Waals surface area contributed by atoms with Gasteiger partial charge >= 0.3 is 0 Å². The summed E-state index contributed by atoms with van der Waals surface area (Å²) in [6.45, 7) is 16.7. The van der Waals surface area contributed by atoms with Gasteiger partial charge < -0.3 is 4.90 Å². The van der Waals surface area contributed by atoms with Crippen LogP contribution in [0.4, 0.5) is 5.69 Å². The molecule has 2 heteroatoms. The highest BCUT2D eigenvalue weighted by Crippen LogP contribution is 2.29. The summed E-state index contributed by atoms with van der Waals surface area (Å²) in [5.74, 6) is 3.24. The summed E-state index contributed by atoms with van der Waals surface area (Å²) in [6, 6.07) is 10.2. The van der Waals surface area contributed by atoms with Crippen molar-refractivity contribution in [3.05, 3.63) is 29.8 Å². The van der Waals surface area contributed by atoms with Crippen molar-refractivity contribution in [2.24, 2.45) is 17.8 Å². The van der Waals surface area contributed by atoms with Gasteiger partial charge in [0.2, 0.25) is 0 Å². The van der Waals surface area contributed by atoms with Gasteiger partial charge in [-0.2, -0.15) is 12.6 Å². The van der Waals surface area contributed by atoms with Crippen LogP contribution in [0.2, 0.25) is 0 Å². The van der Waals surface area contributed by atoms with E-state index in [0.717, 1.165) is 23.5 Å². The molecule has 1 rings (SSSR count). The van der Waals surface area contributed by atoms with Crippen molar-refractivity contribution in [3.8, 4) is 0 Å². The monoisotopic (exact) mass is 405 g/mol. The van der Waals surface area contributed by atoms with Crippen LogP contribution in [-0.4, -0.2) is 12.1 Å². The molecule has 0 saturated heterocycles. The van der Waals surface area contributed by atoms with Crippen molar-refractivity contribution in [3.63, 3.8) is 0 Å². The minimum Gasteiger partial charge on any atom is -0.366 e. The first-order chi connectivity index (χ1) is 13.3. The lowest BCUT2D eigenvalue weighted by Gasteiger charge is -2.38. The van der Waals surface area contributed by atoms with Crippen molar-refractivity contribution < 1.29 is 0 Å². The first-order valence-corrected chi connectivity index (χ1v) is 12.4. The lowest BCUT2D eigenvalue weighted by atomic mass is 9.86. The molecule has 0 spiro atoms. The summed E-state index contributed by atoms with van der Waals surface area (Å²) in [5.41, 5.74) is 2.67. The molecule has 0 aliphatic rings. The SMILES string of the molecule is CCCCC(C)C(C)CCC(C)N(c1ccc(CS)cc1)C(C)CCC(C)C. The smallest absolute Gasteiger partial charge is 0.0371 e. The molecule has 0 aliphatic heterocycles. The van der Waals surface area contributed by atoms with E-state index in [9.17, 15) is 0 Å². The fourth-order valence-electron chi connectivity index (χ4n) is 4.17. The fourth-order valence-corrected chi connectivity index (χ4v) is 4.38. The fraction of sp³-hybridized carbons (Fsp3) is 0.769. The molecule has 162 valence electrons. The minimum atomic E-state index is 0.574. The molecule has 0 N–H and O–H groups in total. The molecule has 0 aliphatic carbocycles. The quantitative estimate of drug-likeness (QED) is 0.304. The molecule has 4 unspecified atom stereocenters. The molecule has 4 atom stereocenters. The summed E-state index contributed by atoms with van der Waals surface area (Å²) >= 11 is 4.42. The van der Waals surface area contributed by atoms with E-state index in [-0.39, 0.29) is 0 Å². The average molecular weight is 406 g/mol. The van der Waals surface area contributed by atoms with Crippen LogP contribution in [0.1, 0.15) is 99.0 Å². The lowest BCUT2D eigenvalue weighted by molar-refractivity contribution is 0.317. The van der Waals surface area contributed by atoms with E-state index < -0.39 is 0 Å². The molecule has 0 saturated carbocycles. The van der Waals surface area contributed by atoms with E-state index in [0.29, 0.717) is 12.1 Å². The second-order valence-corrected chi connectivity index (χ2v) is 9.89. The van der Waals surface area contributed by atoms with E-state index in [1.165, 1.54) is 56.2 Å². The minimum absolute atomic E-state index is 0.574. The van der Waals surface area contributed by atoms with E-state index in [1.807, 2.05) is 0 Å². The maximum Gasteiger partial charge on any atom is 0.0371 e. The van der Waals surface area contributed by atoms with Crippen LogP contribution in [0.5, 0.6) is 0 Å². The number of hydrogen-bond acceptors (Lipinski definition) is 2. The van der Waals surface area contributed by atoms with Crippen molar-refractivity contribution in [2.75, 3.05) is 4.90 Å². The van der Waals surface area contributed by atoms with Gasteiger partial charge in [0.15, 0.2) is 0 Å². The van der Waals surface area contributed by atoms with Gasteiger partial charge in [-0.1, -0.05) is 66.0 Å². The molecule has 0 radical (unpaired) electrons. The van der Waals surface area contributed by atoms with Crippen LogP contribution in [0, 0.1) is 17.8 Å². The third-order valence-electron chi connectivity index (χ3n) is 6.55. The maximum absolute atomic E-state index is 4.42. The Labute approximate surface area is 182 Å². The standard InChI is InChI=1S/C26H47NS/c1-8-9-10-21(4)22(5)12-14-24(7)27(23(6)13-11-20(2)3)26-17-15-25(19-28)16-18-26/h15-18,20-24,28H,8-14,19H2,1-7H3. The van der Waals surface area contributed by atoms with E-state index in [2.05, 4.69) is 90.3 Å². The number of unbranched alkanes of at least 4 members (excludes halogenated alkanes) is 1. The second kappa shape index (κ2) is 13.6. The second-order valence-electron chi connectivity index (χ2n) is 9.58. The molecule has 0 aromatic heterocycles. The van der Waals surface area contributed by atoms with Gasteiger partial charge in [-0.15, -0.1) is 0 Å². The molecule has 1 nitrogen and oxygen atoms in total. The zero-order valence-corrected chi connectivity index (χ0v) is 20.6. The third-order valence-corrected chi connectivity index (χ3v) is 6.92. The molecular weight excluding hydrogens is 358 g/mol. The molecule has 0 heterocycles. The Morgan fingerprint density at radius 1 is 0.750 bits per heavy atom. The molecule has 1 aromatic rings. The third kappa shape index (κ3) is 8.80. The summed E-state index contributed by atoms with van der Waals surface area (Å²) in [6.07, 6.45) is 9.23. The van der Waals surface area contributed by atoms with Crippen molar-refractivity contribution in [2.45, 2.75) is 111 Å². The number of nitrogens with zero attached hydrogens (tertiary/aromatic N) is 1. The topological polar surface area (TPSA) is 3.24 Å². The van der Waals surface area contributed by atoms with Crippen LogP contribution in [0.15, 0.2) is 24.3 Å². The first-order valence-electron chi connectivity index (χ1n) is 11.8. The van der Waals surface area contributed by atoms with Crippen LogP contribution in [0.3, 0.4) is 0 Å². The van der Waals surface area contributed by atoms with E-state index in [4.69, 9.17) is 0 Å². The van der Waals surface area contributed by atoms with Crippen molar-refractivity contribution in [1.82, 2.24) is 0 Å². The molecule has 0 fully saturated rings. The normalized spacial score (nSPS) is 16.0. The van der Waals surface area contributed by atoms with Gasteiger partial charge in [0.05, 0.1) is 0 Å². The summed E-state index contributed by atoms with van der Waals surface area (Å²) in [5, 5.41) is 0. The Kier molecular flexibility index (Phi) is 12.3. The average Bonchev–Trinajstić information content (AvgIpc) is 2.69. The van der Waals surface area contributed by atoms with Gasteiger partial charge in [0.25, 0.3) is 0 Å². The summed E-state index contributed by atoms with van der Waals surface area (Å²) < 4.78 is 0. The zero-order valence-electron chi connectivity index (χ0n) is 19.7. The summed E-state index contributed by atoms with van der Waals surface area (Å²) in [4.78, 5) is 2.69. The first kappa shape index (κ1) is 25.4. The van der Waals surface area contributed by atoms with Crippen LogP contribution >= 0.6 is 12.6 Å². The van der Waals surface area contributed by atoms with Gasteiger partial charge in [-0.25, -0.2) is 0 Å². The van der Waals surface area contributed by atoms with E-state index in [1.54, 1.807) is 0 Å². The molecule has 28 heavy (non-hydrogen) atoms. The Morgan fingerprint density at radius 3 is 1.79 bits per heavy atom. The molecule has 0 amide bonds. The van der Waals surface area contributed by atoms with Crippen LogP contribution < -0.4 is 4.90 Å². The van der Waals surface area contributed by atoms with Gasteiger partial charge in [0.1, 0.15) is 0 Å². The number of rotatable bonds is 14. The highest BCUT2D eigenvalue weighted by Gasteiger charge is 2.22. The van der Waals surface area contributed by atoms with Gasteiger partial charge in [-0.3, -0.25) is 0 Å². The Balaban J connectivity index is 2.81. The number of thiol groups is 1. The molecule has 0 bridgehead atoms. The summed E-state index contributed by atoms with van der Waals surface area (Å²) in [7, 11) is 0. The predicted molar refractivity (Wildman–Crippen MR) is 132 cm³/mol. The maximum atomic E-state index is 4.42. The molecule has 1 aromatic carbocycles. The number of anilines is 1. The highest BCUT2D eigenvalue weighted by atomic mass is 32.1. The highest BCUT2D eigenvalue weighted by molar-refractivity contribution is 7.79. The number of benzene rings is 1. The Hall–Kier alpha value is -0.630. The predicted octanol–water partition coefficient (Wildman–Crippen LogP) is 8.38. The zero-order chi connectivity index (χ0) is 21.1. The van der Waals surface area contributed by atoms with Gasteiger partial charge in [0, 0.05) is 23.5 Å². The number of hydrogen-bond donors (Lipinski definition) is 1.